The number of hydrogen-bond acceptors (Lipinski definition) is 5. The molecule has 0 amide bonds. The van der Waals surface area contributed by atoms with Crippen molar-refractivity contribution < 1.29 is 18.5 Å². The van der Waals surface area contributed by atoms with E-state index in [1.165, 1.54) is 0 Å². The summed E-state index contributed by atoms with van der Waals surface area (Å²) in [5.41, 5.74) is 5.49. The Labute approximate surface area is 190 Å². The van der Waals surface area contributed by atoms with Gasteiger partial charge < -0.3 is 9.05 Å². The van der Waals surface area contributed by atoms with Crippen molar-refractivity contribution in [3.05, 3.63) is 108 Å². The number of nitrogens with zero attached hydrogens (tertiary/aromatic N) is 2. The maximum Gasteiger partial charge on any atom is 0.584 e. The summed E-state index contributed by atoms with van der Waals surface area (Å²) in [6.07, 6.45) is 0. The van der Waals surface area contributed by atoms with E-state index in [4.69, 9.17) is 19.0 Å². The zero-order valence-corrected chi connectivity index (χ0v) is 18.1. The predicted octanol–water partition coefficient (Wildman–Crippen LogP) is 6.48. The molecule has 1 N–H and O–H groups in total. The molecule has 0 fully saturated rings. The van der Waals surface area contributed by atoms with Crippen molar-refractivity contribution in [2.45, 2.75) is 0 Å². The Balaban J connectivity index is 1.75. The molecule has 2 aliphatic heterocycles. The first-order chi connectivity index (χ1) is 16.1. The molecule has 0 saturated heterocycles. The molecule has 6 rings (SSSR count). The van der Waals surface area contributed by atoms with Gasteiger partial charge in [0.1, 0.15) is 11.5 Å². The van der Waals surface area contributed by atoms with Gasteiger partial charge in [-0.25, -0.2) is 14.5 Å². The lowest BCUT2D eigenvalue weighted by Crippen LogP contribution is -2.17. The summed E-state index contributed by atoms with van der Waals surface area (Å²) in [5.74, 6) is 0.443. The van der Waals surface area contributed by atoms with Crippen LogP contribution in [0, 0.1) is 0 Å². The number of benzene rings is 4. The highest BCUT2D eigenvalue weighted by atomic mass is 31.2. The molecule has 0 aromatic heterocycles. The van der Waals surface area contributed by atoms with Crippen LogP contribution < -0.4 is 9.05 Å². The van der Waals surface area contributed by atoms with Crippen LogP contribution in [0.2, 0.25) is 0 Å². The van der Waals surface area contributed by atoms with Gasteiger partial charge in [-0.3, -0.25) is 4.89 Å². The first kappa shape index (κ1) is 19.7. The Morgan fingerprint density at radius 2 is 1.00 bits per heavy atom. The molecule has 0 spiro atoms. The molecule has 4 aromatic carbocycles. The largest absolute Gasteiger partial charge is 0.584 e. The average molecular weight is 452 g/mol. The van der Waals surface area contributed by atoms with Crippen molar-refractivity contribution >= 4 is 30.6 Å². The average Bonchev–Trinajstić information content (AvgIpc) is 2.93. The van der Waals surface area contributed by atoms with E-state index in [0.29, 0.717) is 33.9 Å². The molecule has 2 aliphatic rings. The second-order valence-corrected chi connectivity index (χ2v) is 8.91. The first-order valence-corrected chi connectivity index (χ1v) is 11.9. The zero-order chi connectivity index (χ0) is 22.4. The maximum atomic E-state index is 12.6. The van der Waals surface area contributed by atoms with Crippen LogP contribution in [0.5, 0.6) is 11.5 Å². The Hall–Kier alpha value is -3.99. The van der Waals surface area contributed by atoms with E-state index in [1.54, 1.807) is 24.3 Å². The molecule has 0 bridgehead atoms. The lowest BCUT2D eigenvalue weighted by molar-refractivity contribution is 0.294. The fourth-order valence-electron chi connectivity index (χ4n) is 4.09. The summed E-state index contributed by atoms with van der Waals surface area (Å²) in [6.45, 7) is 0. The van der Waals surface area contributed by atoms with Crippen LogP contribution in [-0.4, -0.2) is 16.3 Å². The van der Waals surface area contributed by atoms with E-state index in [9.17, 15) is 9.46 Å². The zero-order valence-electron chi connectivity index (χ0n) is 17.3. The Kier molecular flexibility index (Phi) is 4.50. The highest BCUT2D eigenvalue weighted by Crippen LogP contribution is 2.58. The van der Waals surface area contributed by atoms with Gasteiger partial charge in [-0.05, 0) is 24.3 Å². The highest BCUT2D eigenvalue weighted by molar-refractivity contribution is 7.48. The summed E-state index contributed by atoms with van der Waals surface area (Å²) < 4.78 is 23.4. The highest BCUT2D eigenvalue weighted by Gasteiger charge is 2.35. The van der Waals surface area contributed by atoms with Gasteiger partial charge in [-0.2, -0.15) is 0 Å². The minimum absolute atomic E-state index is 0.221. The molecule has 4 aromatic rings. The Morgan fingerprint density at radius 1 is 0.576 bits per heavy atom. The third kappa shape index (κ3) is 3.46. The Morgan fingerprint density at radius 3 is 1.42 bits per heavy atom. The van der Waals surface area contributed by atoms with Gasteiger partial charge in [-0.15, -0.1) is 0 Å². The number of phosphoric acid groups is 1. The number of rotatable bonds is 2. The fraction of sp³-hybridized carbons (Fsp3) is 0. The van der Waals surface area contributed by atoms with Gasteiger partial charge in [0, 0.05) is 11.1 Å². The smallest absolute Gasteiger partial charge is 0.394 e. The van der Waals surface area contributed by atoms with E-state index < -0.39 is 7.82 Å². The molecule has 0 radical (unpaired) electrons. The lowest BCUT2D eigenvalue weighted by Gasteiger charge is -2.19. The van der Waals surface area contributed by atoms with Crippen LogP contribution in [0.25, 0.3) is 11.1 Å². The summed E-state index contributed by atoms with van der Waals surface area (Å²) in [4.78, 5) is 20.4. The molecule has 0 saturated carbocycles. The van der Waals surface area contributed by atoms with Crippen molar-refractivity contribution in [3.63, 3.8) is 0 Å². The number of hydrogen-bond donors (Lipinski definition) is 1. The maximum absolute atomic E-state index is 12.6. The molecule has 2 heterocycles. The van der Waals surface area contributed by atoms with Crippen LogP contribution in [0.4, 0.5) is 11.4 Å². The standard InChI is InChI=1S/C26H17N2O4P/c29-33(30)31-21-15-7-13-19-23(21)24-20(14-8-16-22(24)32-33)28-26(18-11-5-2-6-12-18)25(27-19)17-9-3-1-4-10-17/h1-16H,(H,29,30). The van der Waals surface area contributed by atoms with Crippen LogP contribution in [-0.2, 0) is 4.57 Å². The minimum atomic E-state index is -4.38. The SMILES string of the molecule is O=P1(O)Oc2cccc3c2-c2c(cccc2O1)N=C(c1ccccc1)C(c1ccccc1)=N3. The molecule has 6 nitrogen and oxygen atoms in total. The second-order valence-electron chi connectivity index (χ2n) is 7.60. The predicted molar refractivity (Wildman–Crippen MR) is 128 cm³/mol. The van der Waals surface area contributed by atoms with E-state index in [0.717, 1.165) is 11.1 Å². The van der Waals surface area contributed by atoms with Gasteiger partial charge >= 0.3 is 7.82 Å². The lowest BCUT2D eigenvalue weighted by atomic mass is 9.95. The van der Waals surface area contributed by atoms with E-state index in [1.807, 2.05) is 72.8 Å². The van der Waals surface area contributed by atoms with Gasteiger partial charge in [0.25, 0.3) is 0 Å². The summed E-state index contributed by atoms with van der Waals surface area (Å²) in [7, 11) is -4.38. The molecule has 0 atom stereocenters. The van der Waals surface area contributed by atoms with E-state index >= 15 is 0 Å². The summed E-state index contributed by atoms with van der Waals surface area (Å²) in [6, 6.07) is 30.1. The van der Waals surface area contributed by atoms with Crippen molar-refractivity contribution in [1.82, 2.24) is 0 Å². The van der Waals surface area contributed by atoms with Crippen molar-refractivity contribution in [2.75, 3.05) is 0 Å². The van der Waals surface area contributed by atoms with Crippen molar-refractivity contribution in [3.8, 4) is 22.6 Å². The Bertz CT molecular complexity index is 1390. The van der Waals surface area contributed by atoms with Gasteiger partial charge in [0.2, 0.25) is 0 Å². The molecule has 0 aliphatic carbocycles. The van der Waals surface area contributed by atoms with Crippen LogP contribution in [0.1, 0.15) is 11.1 Å². The molecule has 7 heteroatoms. The topological polar surface area (TPSA) is 80.5 Å². The van der Waals surface area contributed by atoms with Gasteiger partial charge in [0.05, 0.1) is 33.9 Å². The van der Waals surface area contributed by atoms with Crippen LogP contribution in [0.3, 0.4) is 0 Å². The third-order valence-electron chi connectivity index (χ3n) is 5.47. The number of phosphoric ester groups is 1. The molecule has 0 unspecified atom stereocenters. The normalized spacial score (nSPS) is 18.3. The third-order valence-corrected chi connectivity index (χ3v) is 6.32. The van der Waals surface area contributed by atoms with Gasteiger partial charge in [-0.1, -0.05) is 72.8 Å². The molecular formula is C26H17N2O4P. The van der Waals surface area contributed by atoms with Crippen LogP contribution in [0.15, 0.2) is 107 Å². The van der Waals surface area contributed by atoms with Crippen molar-refractivity contribution in [2.24, 2.45) is 9.98 Å². The van der Waals surface area contributed by atoms with Crippen molar-refractivity contribution in [1.29, 1.82) is 0 Å². The van der Waals surface area contributed by atoms with E-state index in [2.05, 4.69) is 0 Å². The monoisotopic (exact) mass is 452 g/mol. The minimum Gasteiger partial charge on any atom is -0.394 e. The number of aliphatic imine (C=N–C) groups is 2. The summed E-state index contributed by atoms with van der Waals surface area (Å²) >= 11 is 0. The summed E-state index contributed by atoms with van der Waals surface area (Å²) in [5, 5.41) is 0. The molecule has 160 valence electrons. The molecule has 33 heavy (non-hydrogen) atoms. The molecular weight excluding hydrogens is 435 g/mol. The quantitative estimate of drug-likeness (QED) is 0.353. The van der Waals surface area contributed by atoms with Crippen LogP contribution >= 0.6 is 7.82 Å². The van der Waals surface area contributed by atoms with Gasteiger partial charge in [0.15, 0.2) is 0 Å². The first-order valence-electron chi connectivity index (χ1n) is 10.4. The van der Waals surface area contributed by atoms with E-state index in [-0.39, 0.29) is 11.5 Å². The second kappa shape index (κ2) is 7.55. The fourth-order valence-corrected chi connectivity index (χ4v) is 4.93.